The second kappa shape index (κ2) is 20.5. The summed E-state index contributed by atoms with van der Waals surface area (Å²) in [7, 11) is 4.75. The van der Waals surface area contributed by atoms with Gasteiger partial charge >= 0.3 is 12.0 Å². The topological polar surface area (TPSA) is 181 Å². The van der Waals surface area contributed by atoms with Crippen molar-refractivity contribution in [2.75, 3.05) is 60.6 Å². The number of esters is 1. The zero-order valence-corrected chi connectivity index (χ0v) is 42.9. The van der Waals surface area contributed by atoms with E-state index in [-0.39, 0.29) is 48.2 Å². The highest BCUT2D eigenvalue weighted by Gasteiger charge is 2.48. The van der Waals surface area contributed by atoms with Gasteiger partial charge < -0.3 is 38.8 Å². The average molecular weight is 980 g/mol. The van der Waals surface area contributed by atoms with Crippen LogP contribution in [0.4, 0.5) is 4.79 Å². The number of ether oxygens (including phenoxy) is 3. The fraction of sp³-hybridized carbons (Fsp3) is 0.558. The number of thiazole rings is 1. The summed E-state index contributed by atoms with van der Waals surface area (Å²) in [6.07, 6.45) is 4.63. The number of rotatable bonds is 10. The summed E-state index contributed by atoms with van der Waals surface area (Å²) in [6, 6.07) is 7.37. The molecule has 1 aromatic carbocycles. The summed E-state index contributed by atoms with van der Waals surface area (Å²) in [4.78, 5) is 84.9. The van der Waals surface area contributed by atoms with Crippen molar-refractivity contribution in [3.05, 3.63) is 70.5 Å². The van der Waals surface area contributed by atoms with Crippen molar-refractivity contribution in [3.8, 4) is 22.5 Å². The van der Waals surface area contributed by atoms with Gasteiger partial charge in [0.15, 0.2) is 5.76 Å². The summed E-state index contributed by atoms with van der Waals surface area (Å²) in [5.41, 5.74) is 9.21. The Kier molecular flexibility index (Phi) is 14.8. The molecule has 17 nitrogen and oxygen atoms in total. The molecule has 2 N–H and O–H groups in total. The number of hydrazine groups is 1. The van der Waals surface area contributed by atoms with Gasteiger partial charge in [0.1, 0.15) is 18.1 Å². The average Bonchev–Trinajstić information content (AvgIpc) is 3.94. The van der Waals surface area contributed by atoms with Crippen molar-refractivity contribution in [1.29, 1.82) is 0 Å². The number of hydrogen-bond donors (Lipinski definition) is 2. The van der Waals surface area contributed by atoms with Crippen molar-refractivity contribution in [1.82, 2.24) is 45.0 Å². The Labute approximate surface area is 414 Å². The minimum atomic E-state index is -1.08. The normalized spacial score (nSPS) is 21.1. The predicted molar refractivity (Wildman–Crippen MR) is 267 cm³/mol. The van der Waals surface area contributed by atoms with Gasteiger partial charge in [-0.25, -0.2) is 15.2 Å². The molecule has 4 aromatic rings. The van der Waals surface area contributed by atoms with Crippen LogP contribution in [-0.4, -0.2) is 143 Å². The van der Waals surface area contributed by atoms with Gasteiger partial charge in [-0.2, -0.15) is 0 Å². The van der Waals surface area contributed by atoms with E-state index in [0.717, 1.165) is 57.5 Å². The fourth-order valence-corrected chi connectivity index (χ4v) is 11.6. The molecule has 70 heavy (non-hydrogen) atoms. The number of urea groups is 1. The van der Waals surface area contributed by atoms with Crippen LogP contribution < -0.4 is 10.7 Å². The Balaban J connectivity index is 1.09. The smallest absolute Gasteiger partial charge is 0.324 e. The highest BCUT2D eigenvalue weighted by molar-refractivity contribution is 7.10. The number of fused-ring (bicyclic) bond motifs is 6. The van der Waals surface area contributed by atoms with Crippen LogP contribution in [0.25, 0.3) is 33.4 Å². The number of methoxy groups -OCH3 is 2. The van der Waals surface area contributed by atoms with Gasteiger partial charge in [-0.15, -0.1) is 11.3 Å². The van der Waals surface area contributed by atoms with Crippen molar-refractivity contribution in [2.24, 2.45) is 16.7 Å². The molecule has 4 aliphatic rings. The second-order valence-electron chi connectivity index (χ2n) is 20.6. The largest absolute Gasteiger partial charge is 0.492 e. The maximum atomic E-state index is 14.7. The number of nitrogens with one attached hydrogen (secondary N) is 2. The molecule has 376 valence electrons. The molecule has 3 saturated heterocycles. The molecular weight excluding hydrogens is 911 g/mol. The number of pyridine rings is 1. The number of piperidine rings is 1. The lowest BCUT2D eigenvalue weighted by atomic mass is 9.72. The maximum absolute atomic E-state index is 14.7. The molecule has 7 heterocycles. The first kappa shape index (κ1) is 50.5. The lowest BCUT2D eigenvalue weighted by Gasteiger charge is -2.54. The standard InChI is InChI=1S/C52H69N9O8S/c1-11-60-41-17-16-34-24-36(41)37(45(60)35-14-12-20-53-43(35)32(4)67-9)26-51(6,7)30-69-49(65)38-15-13-21-61(56-38)48(64)39(25-42-54-40(34)27-70-42)55-46(62)44(31(2)3)57(8)50(66)58-22-18-52(19-23-58)28-59(29-52)47(63)33(5)68-10/h12,14,16-17,20,24,27,31-32,38-39,44,56H,5,11,13,15,18-19,21-23,25-26,28-30H2,1-4,6-10H3,(H,55,62)/t32-,38-,39-,44?/m0/s1. The molecule has 0 saturated carbocycles. The molecule has 1 spiro atoms. The van der Waals surface area contributed by atoms with E-state index in [4.69, 9.17) is 24.2 Å². The van der Waals surface area contributed by atoms with Crippen molar-refractivity contribution in [2.45, 2.75) is 111 Å². The Hall–Kier alpha value is -5.85. The maximum Gasteiger partial charge on any atom is 0.324 e. The van der Waals surface area contributed by atoms with Crippen LogP contribution in [0.1, 0.15) is 89.6 Å². The molecule has 0 aliphatic carbocycles. The minimum absolute atomic E-state index is 0.0738. The first-order chi connectivity index (χ1) is 33.4. The van der Waals surface area contributed by atoms with Crippen LogP contribution in [0.5, 0.6) is 0 Å². The molecule has 5 amide bonds. The number of amides is 5. The van der Waals surface area contributed by atoms with E-state index in [1.165, 1.54) is 28.4 Å². The number of carbonyl (C=O) groups is 5. The van der Waals surface area contributed by atoms with E-state index in [1.54, 1.807) is 30.2 Å². The molecule has 4 atom stereocenters. The van der Waals surface area contributed by atoms with Crippen molar-refractivity contribution >= 4 is 52.0 Å². The monoisotopic (exact) mass is 979 g/mol. The summed E-state index contributed by atoms with van der Waals surface area (Å²) in [6.45, 7) is 19.0. The third-order valence-corrected chi connectivity index (χ3v) is 15.6. The summed E-state index contributed by atoms with van der Waals surface area (Å²) < 4.78 is 19.3. The fourth-order valence-electron chi connectivity index (χ4n) is 10.7. The zero-order valence-electron chi connectivity index (χ0n) is 42.1. The number of nitrogens with zero attached hydrogens (tertiary/aromatic N) is 7. The number of aryl methyl sites for hydroxylation is 1. The Morgan fingerprint density at radius 1 is 1.07 bits per heavy atom. The number of aromatic nitrogens is 3. The van der Waals surface area contributed by atoms with Crippen LogP contribution in [0.2, 0.25) is 0 Å². The van der Waals surface area contributed by atoms with Crippen LogP contribution >= 0.6 is 11.3 Å². The number of benzene rings is 1. The highest BCUT2D eigenvalue weighted by atomic mass is 32.1. The van der Waals surface area contributed by atoms with Crippen LogP contribution in [0, 0.1) is 16.7 Å². The van der Waals surface area contributed by atoms with Gasteiger partial charge in [-0.05, 0) is 81.7 Å². The summed E-state index contributed by atoms with van der Waals surface area (Å²) >= 11 is 1.41. The summed E-state index contributed by atoms with van der Waals surface area (Å²) in [5.74, 6) is -1.76. The molecule has 8 rings (SSSR count). The Morgan fingerprint density at radius 3 is 2.50 bits per heavy atom. The Morgan fingerprint density at radius 2 is 1.81 bits per heavy atom. The van der Waals surface area contributed by atoms with Crippen LogP contribution in [0.3, 0.4) is 0 Å². The molecule has 4 aliphatic heterocycles. The molecular formula is C52H69N9O8S. The van der Waals surface area contributed by atoms with Gasteiger partial charge in [0.2, 0.25) is 5.91 Å². The molecule has 3 fully saturated rings. The highest BCUT2D eigenvalue weighted by Crippen LogP contribution is 2.43. The first-order valence-corrected chi connectivity index (χ1v) is 25.4. The van der Waals surface area contributed by atoms with Gasteiger partial charge in [-0.1, -0.05) is 40.3 Å². The number of likely N-dealkylation sites (tertiary alicyclic amines) is 2. The van der Waals surface area contributed by atoms with Gasteiger partial charge in [-0.3, -0.25) is 29.2 Å². The number of cyclic esters (lactones) is 1. The van der Waals surface area contributed by atoms with E-state index in [9.17, 15) is 24.0 Å². The molecule has 0 radical (unpaired) electrons. The molecule has 18 heteroatoms. The van der Waals surface area contributed by atoms with E-state index in [2.05, 4.69) is 66.9 Å². The predicted octanol–water partition coefficient (Wildman–Crippen LogP) is 6.36. The van der Waals surface area contributed by atoms with Crippen LogP contribution in [0.15, 0.2) is 54.2 Å². The van der Waals surface area contributed by atoms with Gasteiger partial charge in [0, 0.05) is 104 Å². The lowest BCUT2D eigenvalue weighted by molar-refractivity contribution is -0.155. The van der Waals surface area contributed by atoms with Crippen LogP contribution in [-0.2, 0) is 52.8 Å². The quantitative estimate of drug-likeness (QED) is 0.103. The van der Waals surface area contributed by atoms with E-state index >= 15 is 0 Å². The van der Waals surface area contributed by atoms with Gasteiger partial charge in [0.05, 0.1) is 41.9 Å². The lowest BCUT2D eigenvalue weighted by Crippen LogP contribution is -2.64. The van der Waals surface area contributed by atoms with Gasteiger partial charge in [0.25, 0.3) is 11.8 Å². The number of carbonyl (C=O) groups excluding carboxylic acids is 5. The molecule has 6 bridgehead atoms. The van der Waals surface area contributed by atoms with E-state index in [0.29, 0.717) is 63.5 Å². The summed E-state index contributed by atoms with van der Waals surface area (Å²) in [5, 5.41) is 8.16. The third-order valence-electron chi connectivity index (χ3n) is 14.7. The molecule has 1 unspecified atom stereocenters. The third kappa shape index (κ3) is 10.0. The number of hydrogen-bond acceptors (Lipinski definition) is 12. The number of likely N-dealkylation sites (N-methyl/N-ethyl adjacent to an activating group) is 1. The van der Waals surface area contributed by atoms with Crippen molar-refractivity contribution in [3.63, 3.8) is 0 Å². The second-order valence-corrected chi connectivity index (χ2v) is 21.6. The SMILES string of the molecule is C=C(OC)C(=O)N1CC2(CCN(C(=O)N(C)C(C(=O)N[C@H]3Cc4nc(cs4)-c4ccc5c(c4)c(c(-c4cccnc4[C@H](C)OC)n5CC)CC(C)(C)COC(=O)[C@@H]4CCCN(N4)C3=O)C(C)C)CC2)C1. The van der Waals surface area contributed by atoms with Crippen molar-refractivity contribution < 1.29 is 38.2 Å². The van der Waals surface area contributed by atoms with E-state index in [1.807, 2.05) is 32.2 Å². The zero-order chi connectivity index (χ0) is 50.2. The minimum Gasteiger partial charge on any atom is -0.492 e. The van der Waals surface area contributed by atoms with E-state index < -0.39 is 41.3 Å². The molecule has 3 aromatic heterocycles. The Bertz CT molecular complexity index is 2640. The first-order valence-electron chi connectivity index (χ1n) is 24.5.